The van der Waals surface area contributed by atoms with E-state index in [1.165, 1.54) is 17.2 Å². The van der Waals surface area contributed by atoms with Gasteiger partial charge in [-0.2, -0.15) is 5.10 Å². The number of nitrogens with one attached hydrogen (secondary N) is 1. The lowest BCUT2D eigenvalue weighted by Gasteiger charge is -2.23. The monoisotopic (exact) mass is 409 g/mol. The second kappa shape index (κ2) is 6.84. The summed E-state index contributed by atoms with van der Waals surface area (Å²) in [5.41, 5.74) is 10.0. The molecule has 2 aliphatic rings. The van der Waals surface area contributed by atoms with Crippen LogP contribution in [0.1, 0.15) is 25.5 Å². The number of amides is 2. The third-order valence-corrected chi connectivity index (χ3v) is 6.79. The van der Waals surface area contributed by atoms with Crippen LogP contribution in [0.25, 0.3) is 21.7 Å². The van der Waals surface area contributed by atoms with Gasteiger partial charge in [-0.25, -0.2) is 14.2 Å². The minimum absolute atomic E-state index is 0.00191. The molecule has 1 fully saturated rings. The predicted octanol–water partition coefficient (Wildman–Crippen LogP) is 2.73. The Labute approximate surface area is 172 Å². The summed E-state index contributed by atoms with van der Waals surface area (Å²) in [4.78, 5) is 19.6. The van der Waals surface area contributed by atoms with Gasteiger partial charge in [0.2, 0.25) is 0 Å². The van der Waals surface area contributed by atoms with Crippen molar-refractivity contribution >= 4 is 23.4 Å². The van der Waals surface area contributed by atoms with Gasteiger partial charge in [-0.15, -0.1) is 0 Å². The first-order chi connectivity index (χ1) is 14.1. The first kappa shape index (κ1) is 18.1. The second-order valence-electron chi connectivity index (χ2n) is 7.71. The number of aryl methyl sites for hydroxylation is 1. The maximum atomic E-state index is 12.3. The Morgan fingerprint density at radius 2 is 2.21 bits per heavy atom. The van der Waals surface area contributed by atoms with Crippen molar-refractivity contribution in [1.82, 2.24) is 29.4 Å². The van der Waals surface area contributed by atoms with E-state index in [0.29, 0.717) is 12.4 Å². The average Bonchev–Trinajstić information content (AvgIpc) is 3.49. The van der Waals surface area contributed by atoms with Gasteiger partial charge >= 0.3 is 6.03 Å². The van der Waals surface area contributed by atoms with Crippen molar-refractivity contribution in [3.8, 4) is 21.7 Å². The van der Waals surface area contributed by atoms with Crippen molar-refractivity contribution in [3.63, 3.8) is 0 Å². The zero-order valence-corrected chi connectivity index (χ0v) is 17.1. The van der Waals surface area contributed by atoms with Crippen LogP contribution >= 0.6 is 11.5 Å². The molecule has 3 aromatic rings. The van der Waals surface area contributed by atoms with E-state index >= 15 is 0 Å². The molecular weight excluding hydrogens is 386 g/mol. The van der Waals surface area contributed by atoms with Crippen LogP contribution in [0.5, 0.6) is 0 Å². The summed E-state index contributed by atoms with van der Waals surface area (Å²) in [6, 6.07) is 6.17. The van der Waals surface area contributed by atoms with Crippen LogP contribution in [0.2, 0.25) is 0 Å². The summed E-state index contributed by atoms with van der Waals surface area (Å²) in [5, 5.41) is 7.76. The standard InChI is InChI=1S/C20H23N7OS/c1-2-22-19(28)26-7-4-20(12-26)5-8-27-17(20)10-15(25-27)13-9-14(18(21)23-11-13)16-3-6-24-29-16/h3,6,9-11H,2,4-5,7-8,12H2,1H3,(H2,21,23)(H,22,28)/t20-/m1/s1. The van der Waals surface area contributed by atoms with Gasteiger partial charge in [0.1, 0.15) is 5.82 Å². The quantitative estimate of drug-likeness (QED) is 0.692. The fourth-order valence-corrected chi connectivity index (χ4v) is 5.11. The van der Waals surface area contributed by atoms with E-state index in [-0.39, 0.29) is 11.4 Å². The number of carbonyl (C=O) groups excluding carboxylic acids is 1. The highest BCUT2D eigenvalue weighted by Crippen LogP contribution is 2.44. The van der Waals surface area contributed by atoms with Crippen LogP contribution in [-0.4, -0.2) is 49.7 Å². The molecule has 0 saturated carbocycles. The number of nitrogens with zero attached hydrogens (tertiary/aromatic N) is 5. The Morgan fingerprint density at radius 1 is 1.34 bits per heavy atom. The molecule has 1 spiro atoms. The van der Waals surface area contributed by atoms with E-state index in [1.54, 1.807) is 12.4 Å². The highest BCUT2D eigenvalue weighted by molar-refractivity contribution is 7.09. The van der Waals surface area contributed by atoms with Gasteiger partial charge in [0.05, 0.1) is 10.6 Å². The number of nitrogens with two attached hydrogens (primary N) is 1. The largest absolute Gasteiger partial charge is 0.383 e. The highest BCUT2D eigenvalue weighted by Gasteiger charge is 2.46. The molecule has 3 aromatic heterocycles. The molecule has 1 atom stereocenters. The minimum atomic E-state index is -0.00191. The van der Waals surface area contributed by atoms with E-state index in [4.69, 9.17) is 10.8 Å². The molecule has 0 aromatic carbocycles. The van der Waals surface area contributed by atoms with E-state index in [9.17, 15) is 4.79 Å². The predicted molar refractivity (Wildman–Crippen MR) is 113 cm³/mol. The van der Waals surface area contributed by atoms with Crippen LogP contribution in [-0.2, 0) is 12.0 Å². The number of pyridine rings is 1. The van der Waals surface area contributed by atoms with E-state index in [2.05, 4.69) is 25.4 Å². The number of fused-ring (bicyclic) bond motifs is 2. The third kappa shape index (κ3) is 2.96. The summed E-state index contributed by atoms with van der Waals surface area (Å²) in [6.07, 6.45) is 5.54. The fourth-order valence-electron chi connectivity index (χ4n) is 4.49. The number of nitrogen functional groups attached to an aromatic ring is 1. The van der Waals surface area contributed by atoms with E-state index < -0.39 is 0 Å². The molecule has 1 saturated heterocycles. The molecule has 3 N–H and O–H groups in total. The fraction of sp³-hybridized carbons (Fsp3) is 0.400. The van der Waals surface area contributed by atoms with Gasteiger partial charge in [0, 0.05) is 60.8 Å². The Balaban J connectivity index is 1.46. The van der Waals surface area contributed by atoms with Gasteiger partial charge in [0.25, 0.3) is 0 Å². The SMILES string of the molecule is CCNC(=O)N1CC[C@@]2(CCn3nc(-c4cnc(N)c(-c5ccns5)c4)cc32)C1. The number of likely N-dealkylation sites (tertiary alicyclic amines) is 1. The number of hydrogen-bond donors (Lipinski definition) is 2. The molecule has 9 heteroatoms. The summed E-state index contributed by atoms with van der Waals surface area (Å²) >= 11 is 1.40. The molecule has 8 nitrogen and oxygen atoms in total. The van der Waals surface area contributed by atoms with Crippen molar-refractivity contribution in [2.75, 3.05) is 25.4 Å². The van der Waals surface area contributed by atoms with Gasteiger partial charge in [0.15, 0.2) is 0 Å². The molecule has 2 aliphatic heterocycles. The molecule has 150 valence electrons. The third-order valence-electron chi connectivity index (χ3n) is 6.01. The molecule has 5 heterocycles. The van der Waals surface area contributed by atoms with Gasteiger partial charge < -0.3 is 16.0 Å². The van der Waals surface area contributed by atoms with Gasteiger partial charge in [-0.3, -0.25) is 4.68 Å². The average molecular weight is 410 g/mol. The summed E-state index contributed by atoms with van der Waals surface area (Å²) in [6.45, 7) is 5.00. The zero-order chi connectivity index (χ0) is 20.0. The molecule has 0 bridgehead atoms. The summed E-state index contributed by atoms with van der Waals surface area (Å²) in [5.74, 6) is 0.495. The van der Waals surface area contributed by atoms with Gasteiger partial charge in [-0.1, -0.05) is 0 Å². The molecule has 29 heavy (non-hydrogen) atoms. The van der Waals surface area contributed by atoms with Crippen molar-refractivity contribution in [1.29, 1.82) is 0 Å². The lowest BCUT2D eigenvalue weighted by Crippen LogP contribution is -2.40. The number of hydrogen-bond acceptors (Lipinski definition) is 6. The Bertz CT molecular complexity index is 1060. The number of anilines is 1. The van der Waals surface area contributed by atoms with Crippen LogP contribution in [0, 0.1) is 0 Å². The van der Waals surface area contributed by atoms with E-state index in [0.717, 1.165) is 54.2 Å². The number of urea groups is 1. The summed E-state index contributed by atoms with van der Waals surface area (Å²) < 4.78 is 6.26. The topological polar surface area (TPSA) is 102 Å². The smallest absolute Gasteiger partial charge is 0.317 e. The van der Waals surface area contributed by atoms with E-state index in [1.807, 2.05) is 24.0 Å². The molecule has 0 unspecified atom stereocenters. The molecule has 5 rings (SSSR count). The Hall–Kier alpha value is -2.94. The molecular formula is C20H23N7OS. The zero-order valence-electron chi connectivity index (χ0n) is 16.3. The molecule has 0 radical (unpaired) electrons. The van der Waals surface area contributed by atoms with Crippen molar-refractivity contribution < 1.29 is 4.79 Å². The highest BCUT2D eigenvalue weighted by atomic mass is 32.1. The maximum absolute atomic E-state index is 12.3. The first-order valence-corrected chi connectivity index (χ1v) is 10.6. The lowest BCUT2D eigenvalue weighted by molar-refractivity contribution is 0.206. The van der Waals surface area contributed by atoms with Crippen LogP contribution in [0.15, 0.2) is 30.6 Å². The van der Waals surface area contributed by atoms with Crippen LogP contribution in [0.3, 0.4) is 0 Å². The number of aromatic nitrogens is 4. The Kier molecular flexibility index (Phi) is 4.27. The second-order valence-corrected chi connectivity index (χ2v) is 8.54. The normalized spacial score (nSPS) is 20.4. The van der Waals surface area contributed by atoms with Crippen molar-refractivity contribution in [2.45, 2.75) is 31.7 Å². The molecule has 0 aliphatic carbocycles. The minimum Gasteiger partial charge on any atom is -0.383 e. The number of carbonyl (C=O) groups is 1. The Morgan fingerprint density at radius 3 is 3.00 bits per heavy atom. The van der Waals surface area contributed by atoms with Crippen molar-refractivity contribution in [3.05, 3.63) is 36.3 Å². The van der Waals surface area contributed by atoms with Crippen LogP contribution < -0.4 is 11.1 Å². The van der Waals surface area contributed by atoms with Crippen molar-refractivity contribution in [2.24, 2.45) is 0 Å². The number of rotatable bonds is 3. The maximum Gasteiger partial charge on any atom is 0.317 e. The molecule has 2 amide bonds. The van der Waals surface area contributed by atoms with Gasteiger partial charge in [-0.05, 0) is 49.5 Å². The first-order valence-electron chi connectivity index (χ1n) is 9.88. The lowest BCUT2D eigenvalue weighted by atomic mass is 9.82. The van der Waals surface area contributed by atoms with Crippen LogP contribution in [0.4, 0.5) is 10.6 Å². The summed E-state index contributed by atoms with van der Waals surface area (Å²) in [7, 11) is 0.